The Morgan fingerprint density at radius 1 is 1.44 bits per heavy atom. The topological polar surface area (TPSA) is 39.1 Å². The third-order valence-electron chi connectivity index (χ3n) is 1.97. The highest BCUT2D eigenvalue weighted by Crippen LogP contribution is 2.14. The molecule has 0 radical (unpaired) electrons. The van der Waals surface area contributed by atoms with Crippen LogP contribution in [-0.4, -0.2) is 29.9 Å². The molecule has 0 aliphatic heterocycles. The van der Waals surface area contributed by atoms with Crippen LogP contribution in [0.15, 0.2) is 24.3 Å². The number of benzene rings is 1. The number of nitrogens with zero attached hydrogens (tertiary/aromatic N) is 1. The SMILES string of the molecule is CCSC(=N)Nc1cccc(CN(C)C)c1. The number of rotatable bonds is 4. The third kappa shape index (κ3) is 4.68. The van der Waals surface area contributed by atoms with Crippen LogP contribution in [0.25, 0.3) is 0 Å². The lowest BCUT2D eigenvalue weighted by Gasteiger charge is -2.12. The summed E-state index contributed by atoms with van der Waals surface area (Å²) in [5.41, 5.74) is 2.24. The van der Waals surface area contributed by atoms with Crippen molar-refractivity contribution in [2.24, 2.45) is 0 Å². The molecule has 3 nitrogen and oxygen atoms in total. The van der Waals surface area contributed by atoms with Crippen LogP contribution in [0.4, 0.5) is 5.69 Å². The quantitative estimate of drug-likeness (QED) is 0.625. The molecular weight excluding hydrogens is 218 g/mol. The van der Waals surface area contributed by atoms with Crippen molar-refractivity contribution in [3.8, 4) is 0 Å². The van der Waals surface area contributed by atoms with Gasteiger partial charge >= 0.3 is 0 Å². The van der Waals surface area contributed by atoms with Gasteiger partial charge in [-0.15, -0.1) is 0 Å². The molecule has 1 aromatic carbocycles. The van der Waals surface area contributed by atoms with Gasteiger partial charge < -0.3 is 10.2 Å². The number of hydrogen-bond acceptors (Lipinski definition) is 3. The van der Waals surface area contributed by atoms with Crippen LogP contribution in [0.1, 0.15) is 12.5 Å². The molecule has 0 spiro atoms. The van der Waals surface area contributed by atoms with Crippen LogP contribution in [-0.2, 0) is 6.54 Å². The summed E-state index contributed by atoms with van der Waals surface area (Å²) in [6.07, 6.45) is 0. The average molecular weight is 237 g/mol. The summed E-state index contributed by atoms with van der Waals surface area (Å²) in [5.74, 6) is 0.920. The molecule has 1 aromatic rings. The summed E-state index contributed by atoms with van der Waals surface area (Å²) in [5, 5.41) is 11.3. The fourth-order valence-corrected chi connectivity index (χ4v) is 1.90. The highest BCUT2D eigenvalue weighted by atomic mass is 32.2. The van der Waals surface area contributed by atoms with Gasteiger partial charge in [0.05, 0.1) is 0 Å². The van der Waals surface area contributed by atoms with E-state index in [1.165, 1.54) is 17.3 Å². The van der Waals surface area contributed by atoms with E-state index in [1.807, 2.05) is 19.1 Å². The van der Waals surface area contributed by atoms with E-state index < -0.39 is 0 Å². The van der Waals surface area contributed by atoms with E-state index in [2.05, 4.69) is 36.4 Å². The number of anilines is 1. The van der Waals surface area contributed by atoms with Gasteiger partial charge in [-0.1, -0.05) is 30.8 Å². The minimum absolute atomic E-state index is 0.504. The van der Waals surface area contributed by atoms with Crippen molar-refractivity contribution < 1.29 is 0 Å². The second-order valence-electron chi connectivity index (χ2n) is 3.83. The Morgan fingerprint density at radius 2 is 2.19 bits per heavy atom. The average Bonchev–Trinajstić information content (AvgIpc) is 2.17. The first-order valence-electron chi connectivity index (χ1n) is 5.34. The van der Waals surface area contributed by atoms with Gasteiger partial charge in [-0.05, 0) is 37.5 Å². The van der Waals surface area contributed by atoms with Gasteiger partial charge in [0, 0.05) is 12.2 Å². The smallest absolute Gasteiger partial charge is 0.158 e. The van der Waals surface area contributed by atoms with Gasteiger partial charge in [0.1, 0.15) is 0 Å². The van der Waals surface area contributed by atoms with Gasteiger partial charge in [0.25, 0.3) is 0 Å². The lowest BCUT2D eigenvalue weighted by Crippen LogP contribution is -2.11. The minimum atomic E-state index is 0.504. The van der Waals surface area contributed by atoms with Crippen LogP contribution in [0.3, 0.4) is 0 Å². The van der Waals surface area contributed by atoms with Gasteiger partial charge in [0.15, 0.2) is 5.17 Å². The van der Waals surface area contributed by atoms with Gasteiger partial charge in [0.2, 0.25) is 0 Å². The van der Waals surface area contributed by atoms with Crippen LogP contribution >= 0.6 is 11.8 Å². The maximum atomic E-state index is 7.68. The van der Waals surface area contributed by atoms with E-state index in [9.17, 15) is 0 Å². The van der Waals surface area contributed by atoms with Crippen LogP contribution in [0.5, 0.6) is 0 Å². The first-order valence-corrected chi connectivity index (χ1v) is 6.32. The molecule has 0 unspecified atom stereocenters. The molecule has 2 N–H and O–H groups in total. The Morgan fingerprint density at radius 3 is 2.81 bits per heavy atom. The third-order valence-corrected chi connectivity index (χ3v) is 2.65. The van der Waals surface area contributed by atoms with Crippen molar-refractivity contribution in [1.29, 1.82) is 5.41 Å². The minimum Gasteiger partial charge on any atom is -0.335 e. The van der Waals surface area contributed by atoms with E-state index in [0.29, 0.717) is 5.17 Å². The predicted molar refractivity (Wildman–Crippen MR) is 73.3 cm³/mol. The monoisotopic (exact) mass is 237 g/mol. The molecule has 88 valence electrons. The molecule has 0 bridgehead atoms. The molecule has 0 fully saturated rings. The zero-order valence-corrected chi connectivity index (χ0v) is 10.9. The highest BCUT2D eigenvalue weighted by Gasteiger charge is 2.00. The van der Waals surface area contributed by atoms with E-state index >= 15 is 0 Å². The Bertz CT molecular complexity index is 350. The van der Waals surface area contributed by atoms with Crippen molar-refractivity contribution >= 4 is 22.6 Å². The zero-order chi connectivity index (χ0) is 12.0. The largest absolute Gasteiger partial charge is 0.335 e. The maximum absolute atomic E-state index is 7.68. The van der Waals surface area contributed by atoms with Crippen LogP contribution in [0, 0.1) is 5.41 Å². The summed E-state index contributed by atoms with van der Waals surface area (Å²) < 4.78 is 0. The Hall–Kier alpha value is -1.00. The highest BCUT2D eigenvalue weighted by molar-refractivity contribution is 8.14. The van der Waals surface area contributed by atoms with Gasteiger partial charge in [-0.25, -0.2) is 0 Å². The summed E-state index contributed by atoms with van der Waals surface area (Å²) in [6.45, 7) is 2.97. The normalized spacial score (nSPS) is 10.5. The van der Waals surface area contributed by atoms with E-state index in [0.717, 1.165) is 18.0 Å². The van der Waals surface area contributed by atoms with E-state index in [-0.39, 0.29) is 0 Å². The number of hydrogen-bond donors (Lipinski definition) is 2. The molecule has 0 aliphatic rings. The fraction of sp³-hybridized carbons (Fsp3) is 0.417. The van der Waals surface area contributed by atoms with E-state index in [1.54, 1.807) is 0 Å². The molecule has 4 heteroatoms. The molecule has 0 heterocycles. The first-order chi connectivity index (χ1) is 7.61. The Balaban J connectivity index is 2.63. The molecule has 0 amide bonds. The molecule has 0 atom stereocenters. The number of thioether (sulfide) groups is 1. The number of amidine groups is 1. The van der Waals surface area contributed by atoms with Crippen molar-refractivity contribution in [3.05, 3.63) is 29.8 Å². The molecule has 1 rings (SSSR count). The fourth-order valence-electron chi connectivity index (χ4n) is 1.42. The summed E-state index contributed by atoms with van der Waals surface area (Å²) >= 11 is 1.51. The van der Waals surface area contributed by atoms with Crippen LogP contribution in [0.2, 0.25) is 0 Å². The Labute approximate surface area is 102 Å². The van der Waals surface area contributed by atoms with Gasteiger partial charge in [-0.2, -0.15) is 0 Å². The van der Waals surface area contributed by atoms with Crippen molar-refractivity contribution in [3.63, 3.8) is 0 Å². The molecule has 16 heavy (non-hydrogen) atoms. The van der Waals surface area contributed by atoms with Crippen LogP contribution < -0.4 is 5.32 Å². The molecule has 0 saturated carbocycles. The summed E-state index contributed by atoms with van der Waals surface area (Å²) in [7, 11) is 4.10. The lowest BCUT2D eigenvalue weighted by molar-refractivity contribution is 0.402. The van der Waals surface area contributed by atoms with E-state index in [4.69, 9.17) is 5.41 Å². The lowest BCUT2D eigenvalue weighted by atomic mass is 10.2. The van der Waals surface area contributed by atoms with Crippen molar-refractivity contribution in [1.82, 2.24) is 4.90 Å². The molecule has 0 aliphatic carbocycles. The van der Waals surface area contributed by atoms with Crippen molar-refractivity contribution in [2.45, 2.75) is 13.5 Å². The Kier molecular flexibility index (Phi) is 5.35. The van der Waals surface area contributed by atoms with Gasteiger partial charge in [-0.3, -0.25) is 5.41 Å². The first kappa shape index (κ1) is 13.1. The van der Waals surface area contributed by atoms with Crippen molar-refractivity contribution in [2.75, 3.05) is 25.2 Å². The summed E-state index contributed by atoms with van der Waals surface area (Å²) in [4.78, 5) is 2.13. The second kappa shape index (κ2) is 6.55. The predicted octanol–water partition coefficient (Wildman–Crippen LogP) is 2.85. The summed E-state index contributed by atoms with van der Waals surface area (Å²) in [6, 6.07) is 8.20. The standard InChI is InChI=1S/C12H19N3S/c1-4-16-12(13)14-11-7-5-6-10(8-11)9-15(2)3/h5-8H,4,9H2,1-3H3,(H2,13,14). The molecule has 0 saturated heterocycles. The second-order valence-corrected chi connectivity index (χ2v) is 5.10. The molecular formula is C12H19N3S. The molecule has 0 aromatic heterocycles. The maximum Gasteiger partial charge on any atom is 0.158 e. The number of nitrogens with one attached hydrogen (secondary N) is 2. The zero-order valence-electron chi connectivity index (χ0n) is 10.1.